The number of nitrogens with zero attached hydrogens (tertiary/aromatic N) is 2. The summed E-state index contributed by atoms with van der Waals surface area (Å²) in [5.74, 6) is 0. The Kier molecular flexibility index (Phi) is 19.5. The zero-order valence-corrected chi connectivity index (χ0v) is 14.7. The third-order valence-electron chi connectivity index (χ3n) is 3.00. The summed E-state index contributed by atoms with van der Waals surface area (Å²) in [5, 5.41) is 6.87. The van der Waals surface area contributed by atoms with Gasteiger partial charge in [-0.3, -0.25) is 0 Å². The summed E-state index contributed by atoms with van der Waals surface area (Å²) in [6.07, 6.45) is 0. The fourth-order valence-corrected chi connectivity index (χ4v) is 1.60. The van der Waals surface area contributed by atoms with Gasteiger partial charge in [-0.25, -0.2) is 6.04 Å². The zero-order valence-electron chi connectivity index (χ0n) is 11.6. The van der Waals surface area contributed by atoms with Crippen LogP contribution < -0.4 is 35.4 Å². The summed E-state index contributed by atoms with van der Waals surface area (Å²) in [4.78, 5) is 4.73. The minimum atomic E-state index is 0. The Morgan fingerprint density at radius 1 is 0.889 bits per heavy atom. The molecule has 1 radical (unpaired) electrons. The van der Waals surface area contributed by atoms with E-state index in [1.807, 2.05) is 0 Å². The molecule has 1 saturated heterocycles. The molecule has 0 saturated carbocycles. The fraction of sp³-hybridized carbons (Fsp3) is 0.909. The minimum Gasteiger partial charge on any atom is -1.00 e. The number of rotatable bonds is 0. The molecule has 7 heteroatoms. The Morgan fingerprint density at radius 3 is 2.17 bits per heavy atom. The molecule has 4 nitrogen and oxygen atoms in total. The largest absolute Gasteiger partial charge is 3.00 e. The molecule has 0 amide bonds. The number of hydrogen-bond acceptors (Lipinski definition) is 4. The van der Waals surface area contributed by atoms with Gasteiger partial charge >= 0.3 is 21.7 Å². The van der Waals surface area contributed by atoms with Gasteiger partial charge in [0.2, 0.25) is 0 Å². The maximum absolute atomic E-state index is 3.44. The van der Waals surface area contributed by atoms with Crippen molar-refractivity contribution in [2.24, 2.45) is 0 Å². The summed E-state index contributed by atoms with van der Waals surface area (Å²) in [6.45, 7) is 9.78. The van der Waals surface area contributed by atoms with Gasteiger partial charge in [0.25, 0.3) is 0 Å². The van der Waals surface area contributed by atoms with Crippen molar-refractivity contribution in [3.8, 4) is 0 Å². The van der Waals surface area contributed by atoms with Gasteiger partial charge in [0.05, 0.1) is 0 Å². The average Bonchev–Trinajstić information content (AvgIpc) is 2.22. The quantitative estimate of drug-likeness (QED) is 0.341. The van der Waals surface area contributed by atoms with Crippen molar-refractivity contribution in [2.45, 2.75) is 6.92 Å². The zero-order chi connectivity index (χ0) is 11.1. The van der Waals surface area contributed by atoms with Crippen LogP contribution in [0, 0.1) is 6.04 Å². The number of hydrogen-bond donors (Lipinski definition) is 2. The monoisotopic (exact) mass is 331 g/mol. The molecule has 1 rings (SSSR count). The van der Waals surface area contributed by atoms with Gasteiger partial charge in [0, 0.05) is 32.7 Å². The van der Waals surface area contributed by atoms with Crippen LogP contribution in [0.2, 0.25) is 0 Å². The van der Waals surface area contributed by atoms with Gasteiger partial charge in [0.15, 0.2) is 0 Å². The maximum Gasteiger partial charge on any atom is 3.00 e. The van der Waals surface area contributed by atoms with Gasteiger partial charge in [0.1, 0.15) is 0 Å². The Bertz CT molecular complexity index is 177. The van der Waals surface area contributed by atoms with E-state index in [9.17, 15) is 0 Å². The summed E-state index contributed by atoms with van der Waals surface area (Å²) in [6, 6.07) is 1.42. The summed E-state index contributed by atoms with van der Waals surface area (Å²) < 4.78 is 0. The number of likely N-dealkylation sites (N-methyl/N-ethyl adjacent to an activating group) is 2. The van der Waals surface area contributed by atoms with E-state index >= 15 is 0 Å². The first kappa shape index (κ1) is 24.2. The molecule has 2 N–H and O–H groups in total. The molecule has 0 bridgehead atoms. The molecule has 18 heavy (non-hydrogen) atoms. The van der Waals surface area contributed by atoms with Gasteiger partial charge in [-0.05, 0) is 20.6 Å². The van der Waals surface area contributed by atoms with Crippen molar-refractivity contribution >= 4 is 0 Å². The minimum absolute atomic E-state index is 0. The van der Waals surface area contributed by atoms with Crippen molar-refractivity contribution in [2.75, 3.05) is 59.9 Å². The molecule has 0 unspecified atom stereocenters. The van der Waals surface area contributed by atoms with E-state index in [1.165, 1.54) is 6.04 Å². The molecule has 0 spiro atoms. The van der Waals surface area contributed by atoms with Crippen molar-refractivity contribution in [1.82, 2.24) is 20.4 Å². The first-order valence-electron chi connectivity index (χ1n) is 5.83. The fourth-order valence-electron chi connectivity index (χ4n) is 1.60. The second-order valence-corrected chi connectivity index (χ2v) is 4.39. The molecule has 1 heterocycles. The smallest absolute Gasteiger partial charge is 1.00 e. The number of nitrogens with one attached hydrogen (secondary N) is 2. The molecular formula is C11H25Cl2N4Ti. The molecule has 0 aliphatic carbocycles. The second-order valence-electron chi connectivity index (χ2n) is 4.39. The summed E-state index contributed by atoms with van der Waals surface area (Å²) in [5.41, 5.74) is 0. The van der Waals surface area contributed by atoms with Crippen molar-refractivity contribution in [1.29, 1.82) is 0 Å². The van der Waals surface area contributed by atoms with E-state index in [4.69, 9.17) is 0 Å². The SMILES string of the molecule is C[C-]1CNCCNCCN(C)CCN1C.[Cl-].[Cl-].[Ti+3]. The average molecular weight is 332 g/mol. The molecule has 1 aliphatic heterocycles. The Balaban J connectivity index is -0.000000750. The normalized spacial score (nSPS) is 21.5. The van der Waals surface area contributed by atoms with E-state index < -0.39 is 0 Å². The van der Waals surface area contributed by atoms with E-state index in [0.717, 1.165) is 45.8 Å². The Morgan fingerprint density at radius 2 is 1.50 bits per heavy atom. The summed E-state index contributed by atoms with van der Waals surface area (Å²) in [7, 11) is 4.36. The topological polar surface area (TPSA) is 30.5 Å². The van der Waals surface area contributed by atoms with Gasteiger partial charge in [-0.15, -0.1) is 6.54 Å². The third kappa shape index (κ3) is 11.0. The first-order chi connectivity index (χ1) is 7.20. The van der Waals surface area contributed by atoms with Crippen LogP contribution in [0.1, 0.15) is 6.92 Å². The Hall–Kier alpha value is 1.13. The Labute approximate surface area is 139 Å². The van der Waals surface area contributed by atoms with Gasteiger partial charge < -0.3 is 45.2 Å². The first-order valence-corrected chi connectivity index (χ1v) is 5.83. The third-order valence-corrected chi connectivity index (χ3v) is 3.00. The van der Waals surface area contributed by atoms with Crippen LogP contribution in [0.15, 0.2) is 0 Å². The summed E-state index contributed by atoms with van der Waals surface area (Å²) >= 11 is 0. The molecule has 107 valence electrons. The van der Waals surface area contributed by atoms with Crippen LogP contribution >= 0.6 is 0 Å². The van der Waals surface area contributed by atoms with Crippen LogP contribution in [0.5, 0.6) is 0 Å². The molecule has 0 atom stereocenters. The van der Waals surface area contributed by atoms with Crippen LogP contribution in [-0.2, 0) is 21.7 Å². The van der Waals surface area contributed by atoms with Crippen molar-refractivity contribution in [3.05, 3.63) is 6.04 Å². The molecule has 0 aromatic heterocycles. The van der Waals surface area contributed by atoms with Gasteiger partial charge in [-0.2, -0.15) is 6.92 Å². The van der Waals surface area contributed by atoms with Crippen molar-refractivity contribution < 1.29 is 46.5 Å². The van der Waals surface area contributed by atoms with E-state index in [1.54, 1.807) is 0 Å². The maximum atomic E-state index is 3.44. The van der Waals surface area contributed by atoms with Crippen molar-refractivity contribution in [3.63, 3.8) is 0 Å². The van der Waals surface area contributed by atoms with Crippen LogP contribution in [0.25, 0.3) is 0 Å². The standard InChI is InChI=1S/C11H25N4.2ClH.Ti/c1-11-10-13-5-4-12-6-7-14(2)8-9-15(11)3;;;/h12-13H,4-10H2,1-3H3;2*1H;/q-1;;;+3/p-2. The molecule has 0 aromatic carbocycles. The molecule has 0 aromatic rings. The van der Waals surface area contributed by atoms with E-state index in [0.29, 0.717) is 0 Å². The predicted molar refractivity (Wildman–Crippen MR) is 64.8 cm³/mol. The predicted octanol–water partition coefficient (Wildman–Crippen LogP) is -6.40. The molecule has 1 fully saturated rings. The number of halogens is 2. The van der Waals surface area contributed by atoms with E-state index in [2.05, 4.69) is 41.5 Å². The van der Waals surface area contributed by atoms with Crippen LogP contribution in [0.4, 0.5) is 0 Å². The second kappa shape index (κ2) is 14.5. The van der Waals surface area contributed by atoms with E-state index in [-0.39, 0.29) is 46.5 Å². The molecule has 1 aliphatic rings. The van der Waals surface area contributed by atoms with Crippen LogP contribution in [0.3, 0.4) is 0 Å². The van der Waals surface area contributed by atoms with Crippen LogP contribution in [-0.4, -0.2) is 69.7 Å². The van der Waals surface area contributed by atoms with Gasteiger partial charge in [-0.1, -0.05) is 0 Å². The molecular weight excluding hydrogens is 307 g/mol.